The van der Waals surface area contributed by atoms with Crippen molar-refractivity contribution in [3.63, 3.8) is 0 Å². The zero-order valence-electron chi connectivity index (χ0n) is 7.66. The molecule has 1 heterocycles. The number of aromatic nitrogens is 1. The monoisotopic (exact) mass is 193 g/mol. The Morgan fingerprint density at radius 1 is 1.69 bits per heavy atom. The predicted molar refractivity (Wildman–Crippen MR) is 52.8 cm³/mol. The average Bonchev–Trinajstić information content (AvgIpc) is 2.65. The maximum Gasteiger partial charge on any atom is 0.127 e. The van der Waals surface area contributed by atoms with Crippen LogP contribution >= 0.6 is 11.5 Å². The molecule has 1 saturated carbocycles. The second kappa shape index (κ2) is 3.00. The zero-order chi connectivity index (χ0) is 9.42. The molecule has 0 saturated heterocycles. The van der Waals surface area contributed by atoms with E-state index in [9.17, 15) is 0 Å². The van der Waals surface area contributed by atoms with Gasteiger partial charge in [-0.3, -0.25) is 0 Å². The smallest absolute Gasteiger partial charge is 0.127 e. The number of hydrogen-bond donors (Lipinski definition) is 1. The standard InChI is InChI=1S/C9H11N3S/c1-5-3-8(5)11-9-7(4-10)6(2)12-13-9/h5,8,11H,3H2,1-2H3/t5-,8-/m1/s1. The Balaban J connectivity index is 2.16. The normalized spacial score (nSPS) is 25.3. The van der Waals surface area contributed by atoms with Gasteiger partial charge in [-0.15, -0.1) is 0 Å². The van der Waals surface area contributed by atoms with Crippen LogP contribution in [0.5, 0.6) is 0 Å². The maximum atomic E-state index is 8.86. The van der Waals surface area contributed by atoms with E-state index in [1.165, 1.54) is 18.0 Å². The van der Waals surface area contributed by atoms with Gasteiger partial charge in [-0.2, -0.15) is 9.64 Å². The second-order valence-corrected chi connectivity index (χ2v) is 4.32. The van der Waals surface area contributed by atoms with Crippen LogP contribution in [-0.4, -0.2) is 10.4 Å². The van der Waals surface area contributed by atoms with E-state index in [4.69, 9.17) is 5.26 Å². The van der Waals surface area contributed by atoms with Gasteiger partial charge in [0.2, 0.25) is 0 Å². The fourth-order valence-electron chi connectivity index (χ4n) is 1.29. The highest BCUT2D eigenvalue weighted by Crippen LogP contribution is 2.35. The zero-order valence-corrected chi connectivity index (χ0v) is 8.48. The third kappa shape index (κ3) is 1.52. The summed E-state index contributed by atoms with van der Waals surface area (Å²) in [7, 11) is 0. The third-order valence-corrected chi connectivity index (χ3v) is 3.27. The van der Waals surface area contributed by atoms with E-state index < -0.39 is 0 Å². The molecular weight excluding hydrogens is 182 g/mol. The van der Waals surface area contributed by atoms with Crippen molar-refractivity contribution in [2.45, 2.75) is 26.3 Å². The Hall–Kier alpha value is -1.08. The molecule has 0 bridgehead atoms. The summed E-state index contributed by atoms with van der Waals surface area (Å²) in [6, 6.07) is 2.74. The van der Waals surface area contributed by atoms with Gasteiger partial charge in [-0.1, -0.05) is 6.92 Å². The molecule has 2 atom stereocenters. The molecule has 0 aromatic carbocycles. The Labute approximate surface area is 81.6 Å². The van der Waals surface area contributed by atoms with Crippen LogP contribution in [0.25, 0.3) is 0 Å². The molecule has 1 aliphatic carbocycles. The quantitative estimate of drug-likeness (QED) is 0.782. The van der Waals surface area contributed by atoms with Crippen molar-refractivity contribution in [1.29, 1.82) is 5.26 Å². The summed E-state index contributed by atoms with van der Waals surface area (Å²) < 4.78 is 4.15. The van der Waals surface area contributed by atoms with E-state index in [0.717, 1.165) is 16.6 Å². The van der Waals surface area contributed by atoms with E-state index in [1.807, 2.05) is 6.92 Å². The fraction of sp³-hybridized carbons (Fsp3) is 0.556. The lowest BCUT2D eigenvalue weighted by Crippen LogP contribution is -2.02. The SMILES string of the molecule is Cc1nsc(N[C@@H]2C[C@H]2C)c1C#N. The average molecular weight is 193 g/mol. The van der Waals surface area contributed by atoms with Gasteiger partial charge < -0.3 is 5.32 Å². The number of nitrogens with one attached hydrogen (secondary N) is 1. The molecular formula is C9H11N3S. The van der Waals surface area contributed by atoms with E-state index in [1.54, 1.807) is 0 Å². The summed E-state index contributed by atoms with van der Waals surface area (Å²) in [5.74, 6) is 0.744. The maximum absolute atomic E-state index is 8.86. The summed E-state index contributed by atoms with van der Waals surface area (Å²) in [6.45, 7) is 4.08. The minimum Gasteiger partial charge on any atom is -0.372 e. The fourth-order valence-corrected chi connectivity index (χ4v) is 2.10. The molecule has 1 aliphatic rings. The van der Waals surface area contributed by atoms with Crippen molar-refractivity contribution in [3.8, 4) is 6.07 Å². The first-order valence-corrected chi connectivity index (χ1v) is 5.12. The highest BCUT2D eigenvalue weighted by molar-refractivity contribution is 7.10. The molecule has 0 amide bonds. The van der Waals surface area contributed by atoms with Gasteiger partial charge in [0.25, 0.3) is 0 Å². The minimum absolute atomic E-state index is 0.562. The van der Waals surface area contributed by atoms with Gasteiger partial charge in [-0.25, -0.2) is 0 Å². The Morgan fingerprint density at radius 3 is 2.92 bits per heavy atom. The lowest BCUT2D eigenvalue weighted by atomic mass is 10.3. The first-order chi connectivity index (χ1) is 6.22. The third-order valence-electron chi connectivity index (χ3n) is 2.40. The number of rotatable bonds is 2. The molecule has 4 heteroatoms. The molecule has 68 valence electrons. The molecule has 0 aliphatic heterocycles. The number of aryl methyl sites for hydroxylation is 1. The van der Waals surface area contributed by atoms with Crippen molar-refractivity contribution < 1.29 is 0 Å². The summed E-state index contributed by atoms with van der Waals surface area (Å²) in [6.07, 6.45) is 1.21. The van der Waals surface area contributed by atoms with Crippen LogP contribution in [0.4, 0.5) is 5.00 Å². The minimum atomic E-state index is 0.562. The number of nitrogens with zero attached hydrogens (tertiary/aromatic N) is 2. The lowest BCUT2D eigenvalue weighted by Gasteiger charge is -1.99. The van der Waals surface area contributed by atoms with Gasteiger partial charge >= 0.3 is 0 Å². The van der Waals surface area contributed by atoms with Crippen LogP contribution < -0.4 is 5.32 Å². The molecule has 1 aromatic rings. The number of anilines is 1. The first kappa shape index (κ1) is 8.52. The lowest BCUT2D eigenvalue weighted by molar-refractivity contribution is 0.931. The van der Waals surface area contributed by atoms with Crippen LogP contribution in [0, 0.1) is 24.2 Å². The largest absolute Gasteiger partial charge is 0.372 e. The number of hydrogen-bond acceptors (Lipinski definition) is 4. The molecule has 13 heavy (non-hydrogen) atoms. The van der Waals surface area contributed by atoms with Crippen molar-refractivity contribution in [3.05, 3.63) is 11.3 Å². The van der Waals surface area contributed by atoms with E-state index >= 15 is 0 Å². The van der Waals surface area contributed by atoms with Gasteiger partial charge in [0.05, 0.1) is 5.69 Å². The summed E-state index contributed by atoms with van der Waals surface area (Å²) in [5, 5.41) is 13.1. The molecule has 0 spiro atoms. The van der Waals surface area contributed by atoms with Gasteiger partial charge in [0, 0.05) is 6.04 Å². The highest BCUT2D eigenvalue weighted by atomic mass is 32.1. The van der Waals surface area contributed by atoms with Crippen molar-refractivity contribution in [2.75, 3.05) is 5.32 Å². The molecule has 0 radical (unpaired) electrons. The highest BCUT2D eigenvalue weighted by Gasteiger charge is 2.33. The van der Waals surface area contributed by atoms with Gasteiger partial charge in [-0.05, 0) is 30.8 Å². The summed E-state index contributed by atoms with van der Waals surface area (Å²) >= 11 is 1.39. The molecule has 1 aromatic heterocycles. The Bertz CT molecular complexity index is 363. The Morgan fingerprint density at radius 2 is 2.38 bits per heavy atom. The van der Waals surface area contributed by atoms with E-state index in [2.05, 4.69) is 22.7 Å². The van der Waals surface area contributed by atoms with E-state index in [-0.39, 0.29) is 0 Å². The van der Waals surface area contributed by atoms with Crippen molar-refractivity contribution in [2.24, 2.45) is 5.92 Å². The Kier molecular flexibility index (Phi) is 1.97. The molecule has 0 unspecified atom stereocenters. The van der Waals surface area contributed by atoms with Crippen LogP contribution in [0.1, 0.15) is 24.6 Å². The van der Waals surface area contributed by atoms with Gasteiger partial charge in [0.15, 0.2) is 0 Å². The first-order valence-electron chi connectivity index (χ1n) is 4.35. The number of nitriles is 1. The predicted octanol–water partition coefficient (Wildman–Crippen LogP) is 2.14. The molecule has 1 fully saturated rings. The second-order valence-electron chi connectivity index (χ2n) is 3.55. The summed E-state index contributed by atoms with van der Waals surface area (Å²) in [4.78, 5) is 0. The van der Waals surface area contributed by atoms with Crippen LogP contribution in [0.15, 0.2) is 0 Å². The molecule has 1 N–H and O–H groups in total. The van der Waals surface area contributed by atoms with Crippen molar-refractivity contribution in [1.82, 2.24) is 4.37 Å². The van der Waals surface area contributed by atoms with Gasteiger partial charge in [0.1, 0.15) is 16.6 Å². The summed E-state index contributed by atoms with van der Waals surface area (Å²) in [5.41, 5.74) is 1.55. The van der Waals surface area contributed by atoms with Crippen molar-refractivity contribution >= 4 is 16.5 Å². The molecule has 3 nitrogen and oxygen atoms in total. The molecule has 2 rings (SSSR count). The van der Waals surface area contributed by atoms with Crippen LogP contribution in [-0.2, 0) is 0 Å². The van der Waals surface area contributed by atoms with E-state index in [0.29, 0.717) is 11.6 Å². The topological polar surface area (TPSA) is 48.7 Å². The van der Waals surface area contributed by atoms with Crippen LogP contribution in [0.2, 0.25) is 0 Å². The van der Waals surface area contributed by atoms with Crippen LogP contribution in [0.3, 0.4) is 0 Å².